The van der Waals surface area contributed by atoms with Crippen LogP contribution in [0.4, 0.5) is 0 Å². The van der Waals surface area contributed by atoms with Gasteiger partial charge in [0.05, 0.1) is 0 Å². The minimum absolute atomic E-state index is 0.348. The zero-order chi connectivity index (χ0) is 13.5. The molecule has 0 aliphatic heterocycles. The number of nitrogens with one attached hydrogen (secondary N) is 1. The molecule has 2 amide bonds. The van der Waals surface area contributed by atoms with Crippen molar-refractivity contribution in [2.75, 3.05) is 0 Å². The number of benzene rings is 1. The molecule has 18 heavy (non-hydrogen) atoms. The van der Waals surface area contributed by atoms with E-state index in [0.717, 1.165) is 0 Å². The smallest absolute Gasteiger partial charge is 0.251 e. The predicted octanol–water partition coefficient (Wildman–Crippen LogP) is 1.89. The number of hydrogen-bond donors (Lipinski definition) is 2. The fourth-order valence-electron chi connectivity index (χ4n) is 1.41. The lowest BCUT2D eigenvalue weighted by Gasteiger charge is -2.14. The normalized spacial score (nSPS) is 11.6. The number of allylic oxidation sites excluding steroid dienone is 1. The van der Waals surface area contributed by atoms with Crippen LogP contribution in [0.15, 0.2) is 36.9 Å². The Balaban J connectivity index is 2.68. The second-order valence-corrected chi connectivity index (χ2v) is 4.24. The zero-order valence-corrected chi connectivity index (χ0v) is 10.6. The van der Waals surface area contributed by atoms with Gasteiger partial charge in [-0.3, -0.25) is 9.59 Å². The fraction of sp³-hybridized carbons (Fsp3) is 0.231. The maximum atomic E-state index is 11.8. The average molecular weight is 267 g/mol. The summed E-state index contributed by atoms with van der Waals surface area (Å²) in [4.78, 5) is 23.0. The Kier molecular flexibility index (Phi) is 5.39. The predicted molar refractivity (Wildman–Crippen MR) is 71.3 cm³/mol. The quantitative estimate of drug-likeness (QED) is 0.772. The molecule has 1 rings (SSSR count). The summed E-state index contributed by atoms with van der Waals surface area (Å²) in [5.41, 5.74) is 5.65. The highest BCUT2D eigenvalue weighted by molar-refractivity contribution is 6.30. The van der Waals surface area contributed by atoms with Gasteiger partial charge in [-0.1, -0.05) is 17.7 Å². The molecule has 4 nitrogen and oxygen atoms in total. The van der Waals surface area contributed by atoms with Crippen LogP contribution in [-0.2, 0) is 4.79 Å². The fourth-order valence-corrected chi connectivity index (χ4v) is 1.54. The molecule has 1 aromatic rings. The monoisotopic (exact) mass is 266 g/mol. The van der Waals surface area contributed by atoms with Crippen LogP contribution < -0.4 is 11.1 Å². The number of primary amides is 1. The topological polar surface area (TPSA) is 72.2 Å². The molecule has 3 N–H and O–H groups in total. The van der Waals surface area contributed by atoms with E-state index in [2.05, 4.69) is 11.9 Å². The van der Waals surface area contributed by atoms with E-state index in [1.54, 1.807) is 30.3 Å². The minimum Gasteiger partial charge on any atom is -0.368 e. The Morgan fingerprint density at radius 2 is 2.00 bits per heavy atom. The zero-order valence-electron chi connectivity index (χ0n) is 9.86. The van der Waals surface area contributed by atoms with E-state index in [1.165, 1.54) is 0 Å². The van der Waals surface area contributed by atoms with Crippen LogP contribution in [-0.4, -0.2) is 17.9 Å². The van der Waals surface area contributed by atoms with Crippen LogP contribution in [0.1, 0.15) is 23.2 Å². The number of halogens is 1. The van der Waals surface area contributed by atoms with Gasteiger partial charge in [0, 0.05) is 10.6 Å². The maximum Gasteiger partial charge on any atom is 0.251 e. The summed E-state index contributed by atoms with van der Waals surface area (Å²) < 4.78 is 0. The molecule has 0 unspecified atom stereocenters. The van der Waals surface area contributed by atoms with Crippen molar-refractivity contribution in [3.05, 3.63) is 47.5 Å². The molecule has 1 aromatic carbocycles. The van der Waals surface area contributed by atoms with Crippen molar-refractivity contribution in [2.24, 2.45) is 5.73 Å². The first kappa shape index (κ1) is 14.3. The van der Waals surface area contributed by atoms with Crippen LogP contribution >= 0.6 is 11.6 Å². The summed E-state index contributed by atoms with van der Waals surface area (Å²) >= 11 is 5.72. The highest BCUT2D eigenvalue weighted by atomic mass is 35.5. The molecule has 0 saturated carbocycles. The lowest BCUT2D eigenvalue weighted by atomic mass is 10.1. The van der Waals surface area contributed by atoms with Crippen molar-refractivity contribution >= 4 is 23.4 Å². The van der Waals surface area contributed by atoms with Crippen LogP contribution in [0.5, 0.6) is 0 Å². The molecule has 0 aliphatic carbocycles. The van der Waals surface area contributed by atoms with Crippen molar-refractivity contribution in [1.29, 1.82) is 0 Å². The number of carbonyl (C=O) groups is 2. The Labute approximate surface area is 111 Å². The first-order valence-corrected chi connectivity index (χ1v) is 5.89. The van der Waals surface area contributed by atoms with Gasteiger partial charge < -0.3 is 11.1 Å². The van der Waals surface area contributed by atoms with Crippen LogP contribution in [0, 0.1) is 0 Å². The summed E-state index contributed by atoms with van der Waals surface area (Å²) in [5, 5.41) is 3.13. The summed E-state index contributed by atoms with van der Waals surface area (Å²) in [7, 11) is 0. The Morgan fingerprint density at radius 1 is 1.39 bits per heavy atom. The van der Waals surface area contributed by atoms with Crippen molar-refractivity contribution in [1.82, 2.24) is 5.32 Å². The van der Waals surface area contributed by atoms with E-state index in [-0.39, 0.29) is 5.91 Å². The highest BCUT2D eigenvalue weighted by Crippen LogP contribution is 2.10. The molecule has 0 radical (unpaired) electrons. The minimum atomic E-state index is -0.689. The third-order valence-electron chi connectivity index (χ3n) is 2.41. The van der Waals surface area contributed by atoms with Crippen molar-refractivity contribution in [3.8, 4) is 0 Å². The standard InChI is InChI=1S/C13H15ClN2O2/c1-2-3-4-11(12(15)17)16-13(18)9-5-7-10(14)8-6-9/h2,5-8,11H,1,3-4H2,(H2,15,17)(H,16,18)/t11-/m0/s1. The molecule has 1 atom stereocenters. The van der Waals surface area contributed by atoms with Crippen molar-refractivity contribution in [3.63, 3.8) is 0 Å². The lowest BCUT2D eigenvalue weighted by molar-refractivity contribution is -0.119. The number of carbonyl (C=O) groups excluding carboxylic acids is 2. The van der Waals surface area contributed by atoms with E-state index in [4.69, 9.17) is 17.3 Å². The first-order chi connectivity index (χ1) is 8.54. The van der Waals surface area contributed by atoms with Gasteiger partial charge in [-0.25, -0.2) is 0 Å². The number of rotatable bonds is 6. The van der Waals surface area contributed by atoms with Gasteiger partial charge >= 0.3 is 0 Å². The Bertz CT molecular complexity index is 443. The van der Waals surface area contributed by atoms with Crippen molar-refractivity contribution < 1.29 is 9.59 Å². The molecule has 96 valence electrons. The molecule has 0 heterocycles. The van der Waals surface area contributed by atoms with Gasteiger partial charge in [-0.2, -0.15) is 0 Å². The average Bonchev–Trinajstić information content (AvgIpc) is 2.34. The number of amides is 2. The summed E-state index contributed by atoms with van der Waals surface area (Å²) in [6, 6.07) is 5.71. The lowest BCUT2D eigenvalue weighted by Crippen LogP contribution is -2.44. The van der Waals surface area contributed by atoms with Gasteiger partial charge in [0.25, 0.3) is 5.91 Å². The van der Waals surface area contributed by atoms with Gasteiger partial charge in [0.1, 0.15) is 6.04 Å². The molecule has 0 spiro atoms. The van der Waals surface area contributed by atoms with Crippen LogP contribution in [0.3, 0.4) is 0 Å². The van der Waals surface area contributed by atoms with Crippen LogP contribution in [0.2, 0.25) is 5.02 Å². The molecule has 0 fully saturated rings. The van der Waals surface area contributed by atoms with Gasteiger partial charge in [0.2, 0.25) is 5.91 Å². The molecular formula is C13H15ClN2O2. The van der Waals surface area contributed by atoms with Gasteiger partial charge in [-0.05, 0) is 37.1 Å². The van der Waals surface area contributed by atoms with Gasteiger partial charge in [0.15, 0.2) is 0 Å². The summed E-state index contributed by atoms with van der Waals surface area (Å²) in [6.45, 7) is 3.56. The summed E-state index contributed by atoms with van der Waals surface area (Å²) in [6.07, 6.45) is 2.72. The Hall–Kier alpha value is -1.81. The molecule has 0 bridgehead atoms. The largest absolute Gasteiger partial charge is 0.368 e. The van der Waals surface area contributed by atoms with Crippen molar-refractivity contribution in [2.45, 2.75) is 18.9 Å². The third kappa shape index (κ3) is 4.22. The van der Waals surface area contributed by atoms with E-state index < -0.39 is 11.9 Å². The Morgan fingerprint density at radius 3 is 2.50 bits per heavy atom. The highest BCUT2D eigenvalue weighted by Gasteiger charge is 2.17. The molecular weight excluding hydrogens is 252 g/mol. The maximum absolute atomic E-state index is 11.8. The number of nitrogens with two attached hydrogens (primary N) is 1. The van der Waals surface area contributed by atoms with E-state index in [0.29, 0.717) is 23.4 Å². The molecule has 0 aromatic heterocycles. The second-order valence-electron chi connectivity index (χ2n) is 3.80. The third-order valence-corrected chi connectivity index (χ3v) is 2.67. The van der Waals surface area contributed by atoms with E-state index in [1.807, 2.05) is 0 Å². The van der Waals surface area contributed by atoms with Gasteiger partial charge in [-0.15, -0.1) is 6.58 Å². The number of hydrogen-bond acceptors (Lipinski definition) is 2. The second kappa shape index (κ2) is 6.81. The molecule has 0 saturated heterocycles. The SMILES string of the molecule is C=CCC[C@H](NC(=O)c1ccc(Cl)cc1)C(N)=O. The van der Waals surface area contributed by atoms with E-state index in [9.17, 15) is 9.59 Å². The molecule has 5 heteroatoms. The summed E-state index contributed by atoms with van der Waals surface area (Å²) in [5.74, 6) is -0.904. The first-order valence-electron chi connectivity index (χ1n) is 5.51. The van der Waals surface area contributed by atoms with E-state index >= 15 is 0 Å². The van der Waals surface area contributed by atoms with Crippen LogP contribution in [0.25, 0.3) is 0 Å². The molecule has 0 aliphatic rings.